The van der Waals surface area contributed by atoms with Crippen LogP contribution in [0.15, 0.2) is 55.2 Å². The summed E-state index contributed by atoms with van der Waals surface area (Å²) in [4.78, 5) is 12.4. The van der Waals surface area contributed by atoms with Crippen LogP contribution < -0.4 is 0 Å². The van der Waals surface area contributed by atoms with Crippen molar-refractivity contribution in [2.75, 3.05) is 0 Å². The van der Waals surface area contributed by atoms with Crippen LogP contribution in [0.3, 0.4) is 0 Å². The fourth-order valence-electron chi connectivity index (χ4n) is 1.79. The van der Waals surface area contributed by atoms with E-state index in [1.807, 2.05) is 42.9 Å². The second kappa shape index (κ2) is 3.70. The van der Waals surface area contributed by atoms with Crippen LogP contribution in [0.4, 0.5) is 0 Å². The molecule has 0 aliphatic rings. The van der Waals surface area contributed by atoms with Gasteiger partial charge in [0.2, 0.25) is 0 Å². The Bertz CT molecular complexity index is 615. The summed E-state index contributed by atoms with van der Waals surface area (Å²) in [5.41, 5.74) is 3.12. The van der Waals surface area contributed by atoms with Crippen molar-refractivity contribution in [2.45, 2.75) is 0 Å². The molecule has 0 aliphatic heterocycles. The molecular weight excluding hydrogens is 198 g/mol. The van der Waals surface area contributed by atoms with Crippen molar-refractivity contribution < 1.29 is 0 Å². The third-order valence-electron chi connectivity index (χ3n) is 2.52. The van der Waals surface area contributed by atoms with Crippen LogP contribution >= 0.6 is 0 Å². The highest BCUT2D eigenvalue weighted by Gasteiger charge is 2.03. The van der Waals surface area contributed by atoms with Crippen LogP contribution in [0.1, 0.15) is 0 Å². The molecule has 0 unspecified atom stereocenters. The van der Waals surface area contributed by atoms with Crippen molar-refractivity contribution in [1.82, 2.24) is 15.0 Å². The summed E-state index contributed by atoms with van der Waals surface area (Å²) in [6.45, 7) is 0. The first-order valence-corrected chi connectivity index (χ1v) is 5.04. The lowest BCUT2D eigenvalue weighted by molar-refractivity contribution is 1.17. The molecule has 0 fully saturated rings. The standard InChI is InChI=1S/C13H9N3/c1-2-4-13-12(3-1)11(5-6-16-13)10-7-14-9-15-8-10/h1-9H. The van der Waals surface area contributed by atoms with E-state index < -0.39 is 0 Å². The van der Waals surface area contributed by atoms with Crippen molar-refractivity contribution in [1.29, 1.82) is 0 Å². The van der Waals surface area contributed by atoms with E-state index in [1.165, 1.54) is 6.33 Å². The molecule has 3 aromatic rings. The summed E-state index contributed by atoms with van der Waals surface area (Å²) in [5.74, 6) is 0. The topological polar surface area (TPSA) is 38.7 Å². The number of fused-ring (bicyclic) bond motifs is 1. The van der Waals surface area contributed by atoms with E-state index in [0.29, 0.717) is 0 Å². The Kier molecular flexibility index (Phi) is 2.07. The van der Waals surface area contributed by atoms with Crippen LogP contribution in [-0.4, -0.2) is 15.0 Å². The predicted octanol–water partition coefficient (Wildman–Crippen LogP) is 2.69. The smallest absolute Gasteiger partial charge is 0.115 e. The molecule has 0 spiro atoms. The molecule has 2 heterocycles. The van der Waals surface area contributed by atoms with Gasteiger partial charge >= 0.3 is 0 Å². The number of aromatic nitrogens is 3. The minimum atomic E-state index is 0.990. The summed E-state index contributed by atoms with van der Waals surface area (Å²) >= 11 is 0. The van der Waals surface area contributed by atoms with Gasteiger partial charge in [0.05, 0.1) is 5.52 Å². The van der Waals surface area contributed by atoms with Gasteiger partial charge in [-0.1, -0.05) is 18.2 Å². The Morgan fingerprint density at radius 2 is 1.69 bits per heavy atom. The second-order valence-electron chi connectivity index (χ2n) is 3.50. The molecule has 16 heavy (non-hydrogen) atoms. The van der Waals surface area contributed by atoms with Gasteiger partial charge in [-0.15, -0.1) is 0 Å². The monoisotopic (exact) mass is 207 g/mol. The van der Waals surface area contributed by atoms with Crippen LogP contribution in [0, 0.1) is 0 Å². The fraction of sp³-hybridized carbons (Fsp3) is 0. The van der Waals surface area contributed by atoms with Gasteiger partial charge in [-0.05, 0) is 17.7 Å². The van der Waals surface area contributed by atoms with Gasteiger partial charge in [0.25, 0.3) is 0 Å². The molecule has 0 aliphatic carbocycles. The van der Waals surface area contributed by atoms with Gasteiger partial charge in [0, 0.05) is 29.5 Å². The lowest BCUT2D eigenvalue weighted by atomic mass is 10.0. The summed E-state index contributed by atoms with van der Waals surface area (Å²) in [5, 5.41) is 1.12. The maximum Gasteiger partial charge on any atom is 0.115 e. The van der Waals surface area contributed by atoms with Crippen LogP contribution in [0.2, 0.25) is 0 Å². The molecule has 76 valence electrons. The van der Waals surface area contributed by atoms with Gasteiger partial charge in [-0.25, -0.2) is 9.97 Å². The molecule has 2 aromatic heterocycles. The van der Waals surface area contributed by atoms with Crippen molar-refractivity contribution in [3.8, 4) is 11.1 Å². The van der Waals surface area contributed by atoms with E-state index in [-0.39, 0.29) is 0 Å². The number of nitrogens with zero attached hydrogens (tertiary/aromatic N) is 3. The predicted molar refractivity (Wildman–Crippen MR) is 62.8 cm³/mol. The molecule has 0 radical (unpaired) electrons. The van der Waals surface area contributed by atoms with Crippen LogP contribution in [0.25, 0.3) is 22.0 Å². The first-order chi connectivity index (χ1) is 7.95. The molecule has 0 atom stereocenters. The highest BCUT2D eigenvalue weighted by atomic mass is 14.8. The zero-order valence-corrected chi connectivity index (χ0v) is 8.54. The van der Waals surface area contributed by atoms with Crippen molar-refractivity contribution >= 4 is 10.9 Å². The molecule has 0 N–H and O–H groups in total. The van der Waals surface area contributed by atoms with E-state index >= 15 is 0 Å². The van der Waals surface area contributed by atoms with Gasteiger partial charge in [-0.3, -0.25) is 4.98 Å². The lowest BCUT2D eigenvalue weighted by Gasteiger charge is -2.04. The Labute approximate surface area is 92.8 Å². The number of para-hydroxylation sites is 1. The Hall–Kier alpha value is -2.29. The molecule has 3 nitrogen and oxygen atoms in total. The van der Waals surface area contributed by atoms with Gasteiger partial charge in [-0.2, -0.15) is 0 Å². The average Bonchev–Trinajstić information content (AvgIpc) is 2.39. The van der Waals surface area contributed by atoms with E-state index in [9.17, 15) is 0 Å². The summed E-state index contributed by atoms with van der Waals surface area (Å²) in [6, 6.07) is 10.0. The first-order valence-electron chi connectivity index (χ1n) is 5.04. The number of hydrogen-bond donors (Lipinski definition) is 0. The zero-order valence-electron chi connectivity index (χ0n) is 8.54. The minimum Gasteiger partial charge on any atom is -0.256 e. The van der Waals surface area contributed by atoms with E-state index in [0.717, 1.165) is 22.0 Å². The van der Waals surface area contributed by atoms with Gasteiger partial charge in [0.1, 0.15) is 6.33 Å². The summed E-state index contributed by atoms with van der Waals surface area (Å²) in [7, 11) is 0. The molecule has 3 heteroatoms. The van der Waals surface area contributed by atoms with E-state index in [4.69, 9.17) is 0 Å². The Balaban J connectivity index is 2.32. The lowest BCUT2D eigenvalue weighted by Crippen LogP contribution is -1.85. The third-order valence-corrected chi connectivity index (χ3v) is 2.52. The zero-order chi connectivity index (χ0) is 10.8. The highest BCUT2D eigenvalue weighted by Crippen LogP contribution is 2.25. The number of rotatable bonds is 1. The Morgan fingerprint density at radius 1 is 0.875 bits per heavy atom. The molecule has 0 amide bonds. The average molecular weight is 207 g/mol. The van der Waals surface area contributed by atoms with Gasteiger partial charge in [0.15, 0.2) is 0 Å². The number of hydrogen-bond acceptors (Lipinski definition) is 3. The van der Waals surface area contributed by atoms with Gasteiger partial charge < -0.3 is 0 Å². The normalized spacial score (nSPS) is 10.5. The molecule has 0 bridgehead atoms. The highest BCUT2D eigenvalue weighted by molar-refractivity contribution is 5.93. The maximum absolute atomic E-state index is 4.33. The summed E-state index contributed by atoms with van der Waals surface area (Å²) in [6.07, 6.45) is 6.97. The third kappa shape index (κ3) is 1.42. The van der Waals surface area contributed by atoms with Crippen molar-refractivity contribution in [3.63, 3.8) is 0 Å². The minimum absolute atomic E-state index is 0.990. The molecule has 0 saturated carbocycles. The van der Waals surface area contributed by atoms with Crippen molar-refractivity contribution in [3.05, 3.63) is 55.2 Å². The summed E-state index contributed by atoms with van der Waals surface area (Å²) < 4.78 is 0. The van der Waals surface area contributed by atoms with E-state index in [2.05, 4.69) is 21.0 Å². The quantitative estimate of drug-likeness (QED) is 0.615. The SMILES string of the molecule is c1ccc2c(-c3cncnc3)ccnc2c1. The van der Waals surface area contributed by atoms with E-state index in [1.54, 1.807) is 0 Å². The molecule has 0 saturated heterocycles. The fourth-order valence-corrected chi connectivity index (χ4v) is 1.79. The Morgan fingerprint density at radius 3 is 2.56 bits per heavy atom. The molecular formula is C13H9N3. The second-order valence-corrected chi connectivity index (χ2v) is 3.50. The van der Waals surface area contributed by atoms with Crippen LogP contribution in [-0.2, 0) is 0 Å². The van der Waals surface area contributed by atoms with Crippen molar-refractivity contribution in [2.24, 2.45) is 0 Å². The first kappa shape index (κ1) is 8.97. The molecule has 1 aromatic carbocycles. The maximum atomic E-state index is 4.33. The number of pyridine rings is 1. The molecule has 3 rings (SSSR count). The largest absolute Gasteiger partial charge is 0.256 e. The van der Waals surface area contributed by atoms with Crippen LogP contribution in [0.5, 0.6) is 0 Å². The number of benzene rings is 1.